The molecule has 0 atom stereocenters. The average molecular weight is 275 g/mol. The Kier molecular flexibility index (Phi) is 3.69. The molecule has 0 bridgehead atoms. The highest BCUT2D eigenvalue weighted by Crippen LogP contribution is 2.27. The van der Waals surface area contributed by atoms with E-state index in [1.165, 1.54) is 6.20 Å². The number of hydrogen-bond donors (Lipinski definition) is 1. The minimum Gasteiger partial charge on any atom is -0.369 e. The van der Waals surface area contributed by atoms with Crippen LogP contribution >= 0.6 is 23.2 Å². The van der Waals surface area contributed by atoms with E-state index < -0.39 is 0 Å². The van der Waals surface area contributed by atoms with Crippen molar-refractivity contribution in [1.82, 2.24) is 9.97 Å². The van der Waals surface area contributed by atoms with E-state index in [1.807, 2.05) is 4.90 Å². The van der Waals surface area contributed by atoms with Crippen LogP contribution in [0.2, 0.25) is 10.3 Å². The first-order valence-corrected chi connectivity index (χ1v) is 6.06. The molecule has 1 aromatic heterocycles. The molecule has 1 aliphatic rings. The largest absolute Gasteiger partial charge is 0.369 e. The second-order valence-electron chi connectivity index (χ2n) is 3.97. The number of halogens is 2. The number of anilines is 1. The highest BCUT2D eigenvalue weighted by Gasteiger charge is 2.25. The fourth-order valence-corrected chi connectivity index (χ4v) is 2.27. The molecule has 1 aliphatic heterocycles. The van der Waals surface area contributed by atoms with E-state index in [1.54, 1.807) is 0 Å². The maximum absolute atomic E-state index is 11.0. The second-order valence-corrected chi connectivity index (χ2v) is 4.72. The summed E-state index contributed by atoms with van der Waals surface area (Å²) in [7, 11) is 0. The zero-order chi connectivity index (χ0) is 12.4. The fourth-order valence-electron chi connectivity index (χ4n) is 1.93. The zero-order valence-electron chi connectivity index (χ0n) is 9.07. The molecule has 5 nitrogen and oxygen atoms in total. The van der Waals surface area contributed by atoms with Crippen LogP contribution in [-0.4, -0.2) is 29.0 Å². The lowest BCUT2D eigenvalue weighted by Gasteiger charge is -2.31. The van der Waals surface area contributed by atoms with E-state index in [-0.39, 0.29) is 17.1 Å². The van der Waals surface area contributed by atoms with Gasteiger partial charge >= 0.3 is 0 Å². The van der Waals surface area contributed by atoms with Crippen LogP contribution in [0.25, 0.3) is 0 Å². The Labute approximate surface area is 109 Å². The Morgan fingerprint density at radius 3 is 2.65 bits per heavy atom. The molecule has 2 heterocycles. The summed E-state index contributed by atoms with van der Waals surface area (Å²) in [6.45, 7) is 1.39. The summed E-state index contributed by atoms with van der Waals surface area (Å²) >= 11 is 11.7. The van der Waals surface area contributed by atoms with Gasteiger partial charge in [0.15, 0.2) is 5.82 Å². The summed E-state index contributed by atoms with van der Waals surface area (Å²) in [5, 5.41) is 0.633. The molecule has 1 aromatic rings. The van der Waals surface area contributed by atoms with Crippen molar-refractivity contribution in [3.8, 4) is 0 Å². The number of aromatic nitrogens is 2. The standard InChI is InChI=1S/C10H12Cl2N4O/c11-7-5-14-10(12)15-9(7)16-3-1-6(2-4-16)8(13)17/h5-6H,1-4H2,(H2,13,17). The number of amides is 1. The molecule has 17 heavy (non-hydrogen) atoms. The zero-order valence-corrected chi connectivity index (χ0v) is 10.6. The van der Waals surface area contributed by atoms with E-state index in [0.717, 1.165) is 0 Å². The van der Waals surface area contributed by atoms with Crippen LogP contribution in [0.4, 0.5) is 5.82 Å². The molecule has 0 aliphatic carbocycles. The number of carbonyl (C=O) groups excluding carboxylic acids is 1. The van der Waals surface area contributed by atoms with Gasteiger partial charge in [-0.3, -0.25) is 4.79 Å². The summed E-state index contributed by atoms with van der Waals surface area (Å²) in [6.07, 6.45) is 2.91. The summed E-state index contributed by atoms with van der Waals surface area (Å²) in [5.41, 5.74) is 5.28. The number of nitrogens with zero attached hydrogens (tertiary/aromatic N) is 3. The highest BCUT2D eigenvalue weighted by molar-refractivity contribution is 6.33. The molecule has 2 rings (SSSR count). The number of hydrogen-bond acceptors (Lipinski definition) is 4. The first kappa shape index (κ1) is 12.4. The lowest BCUT2D eigenvalue weighted by Crippen LogP contribution is -2.39. The summed E-state index contributed by atoms with van der Waals surface area (Å²) in [4.78, 5) is 20.9. The third-order valence-corrected chi connectivity index (χ3v) is 3.34. The molecule has 0 spiro atoms. The maximum atomic E-state index is 11.0. The van der Waals surface area contributed by atoms with Gasteiger partial charge in [0.2, 0.25) is 11.2 Å². The molecule has 7 heteroatoms. The van der Waals surface area contributed by atoms with Crippen molar-refractivity contribution in [3.63, 3.8) is 0 Å². The van der Waals surface area contributed by atoms with E-state index >= 15 is 0 Å². The highest BCUT2D eigenvalue weighted by atomic mass is 35.5. The van der Waals surface area contributed by atoms with Gasteiger partial charge in [0.1, 0.15) is 5.02 Å². The molecular formula is C10H12Cl2N4O. The third kappa shape index (κ3) is 2.79. The molecule has 2 N–H and O–H groups in total. The minimum atomic E-state index is -0.239. The summed E-state index contributed by atoms with van der Waals surface area (Å²) in [5.74, 6) is 0.327. The van der Waals surface area contributed by atoms with Gasteiger partial charge in [0.25, 0.3) is 0 Å². The van der Waals surface area contributed by atoms with Crippen molar-refractivity contribution < 1.29 is 4.79 Å². The average Bonchev–Trinajstić information content (AvgIpc) is 2.32. The van der Waals surface area contributed by atoms with Gasteiger partial charge in [-0.05, 0) is 24.4 Å². The van der Waals surface area contributed by atoms with Crippen molar-refractivity contribution in [1.29, 1.82) is 0 Å². The number of carbonyl (C=O) groups is 1. The van der Waals surface area contributed by atoms with Gasteiger partial charge < -0.3 is 10.6 Å². The van der Waals surface area contributed by atoms with Crippen LogP contribution in [0.5, 0.6) is 0 Å². The molecule has 1 fully saturated rings. The third-order valence-electron chi connectivity index (χ3n) is 2.89. The molecular weight excluding hydrogens is 263 g/mol. The van der Waals surface area contributed by atoms with Crippen molar-refractivity contribution in [3.05, 3.63) is 16.5 Å². The first-order chi connectivity index (χ1) is 8.08. The van der Waals surface area contributed by atoms with E-state index in [9.17, 15) is 4.79 Å². The van der Waals surface area contributed by atoms with Crippen molar-refractivity contribution in [2.24, 2.45) is 11.7 Å². The Bertz CT molecular complexity index is 432. The second kappa shape index (κ2) is 5.06. The Hall–Kier alpha value is -1.07. The molecule has 0 aromatic carbocycles. The van der Waals surface area contributed by atoms with Gasteiger partial charge in [-0.15, -0.1) is 0 Å². The number of rotatable bonds is 2. The Morgan fingerprint density at radius 1 is 1.41 bits per heavy atom. The van der Waals surface area contributed by atoms with Crippen LogP contribution in [0.15, 0.2) is 6.20 Å². The number of piperidine rings is 1. The lowest BCUT2D eigenvalue weighted by atomic mass is 9.96. The molecule has 0 radical (unpaired) electrons. The van der Waals surface area contributed by atoms with Crippen molar-refractivity contribution in [2.75, 3.05) is 18.0 Å². The minimum absolute atomic E-state index is 0.0534. The van der Waals surface area contributed by atoms with Crippen LogP contribution in [0.1, 0.15) is 12.8 Å². The van der Waals surface area contributed by atoms with Gasteiger partial charge in [-0.25, -0.2) is 4.98 Å². The Balaban J connectivity index is 2.10. The van der Waals surface area contributed by atoms with Gasteiger partial charge in [0.05, 0.1) is 6.20 Å². The molecule has 1 saturated heterocycles. The number of primary amides is 1. The summed E-state index contributed by atoms with van der Waals surface area (Å²) in [6, 6.07) is 0. The van der Waals surface area contributed by atoms with E-state index in [0.29, 0.717) is 36.8 Å². The first-order valence-electron chi connectivity index (χ1n) is 5.30. The van der Waals surface area contributed by atoms with Crippen molar-refractivity contribution >= 4 is 34.9 Å². The van der Waals surface area contributed by atoms with E-state index in [4.69, 9.17) is 28.9 Å². The SMILES string of the molecule is NC(=O)C1CCN(c2nc(Cl)ncc2Cl)CC1. The predicted octanol–water partition coefficient (Wildman–Crippen LogP) is 1.49. The fraction of sp³-hybridized carbons (Fsp3) is 0.500. The van der Waals surface area contributed by atoms with Gasteiger partial charge in [0, 0.05) is 19.0 Å². The normalized spacial score (nSPS) is 17.2. The Morgan fingerprint density at radius 2 is 2.06 bits per heavy atom. The van der Waals surface area contributed by atoms with Crippen LogP contribution in [0.3, 0.4) is 0 Å². The van der Waals surface area contributed by atoms with Crippen LogP contribution in [-0.2, 0) is 4.79 Å². The monoisotopic (exact) mass is 274 g/mol. The van der Waals surface area contributed by atoms with Gasteiger partial charge in [-0.1, -0.05) is 11.6 Å². The molecule has 1 amide bonds. The van der Waals surface area contributed by atoms with Gasteiger partial charge in [-0.2, -0.15) is 4.98 Å². The molecule has 0 saturated carbocycles. The predicted molar refractivity (Wildman–Crippen MR) is 66.2 cm³/mol. The maximum Gasteiger partial charge on any atom is 0.224 e. The quantitative estimate of drug-likeness (QED) is 0.830. The lowest BCUT2D eigenvalue weighted by molar-refractivity contribution is -0.122. The molecule has 0 unspecified atom stereocenters. The smallest absolute Gasteiger partial charge is 0.224 e. The van der Waals surface area contributed by atoms with E-state index in [2.05, 4.69) is 9.97 Å². The van der Waals surface area contributed by atoms with Crippen LogP contribution in [0, 0.1) is 5.92 Å². The van der Waals surface area contributed by atoms with Crippen molar-refractivity contribution in [2.45, 2.75) is 12.8 Å². The number of nitrogens with two attached hydrogens (primary N) is 1. The topological polar surface area (TPSA) is 72.1 Å². The summed E-state index contributed by atoms with van der Waals surface area (Å²) < 4.78 is 0. The molecule has 92 valence electrons. The van der Waals surface area contributed by atoms with Crippen LogP contribution < -0.4 is 10.6 Å².